The monoisotopic (exact) mass is 290 g/mol. The van der Waals surface area contributed by atoms with Gasteiger partial charge in [0.2, 0.25) is 11.8 Å². The molecule has 1 heterocycles. The minimum Gasteiger partial charge on any atom is -0.339 e. The molecule has 0 radical (unpaired) electrons. The first kappa shape index (κ1) is 14.0. The minimum atomic E-state index is -0.645. The Morgan fingerprint density at radius 3 is 2.52 bits per heavy atom. The molecule has 0 aromatic heterocycles. The van der Waals surface area contributed by atoms with E-state index in [0.717, 1.165) is 18.4 Å². The SMILES string of the molecule is O=C1NC(c2ccccc2)C(=O)N(CCCF)C1C1CC1. The van der Waals surface area contributed by atoms with Gasteiger partial charge in [0.1, 0.15) is 12.1 Å². The number of rotatable bonds is 5. The highest BCUT2D eigenvalue weighted by Gasteiger charge is 2.47. The Hall–Kier alpha value is -1.91. The molecule has 2 aliphatic rings. The maximum Gasteiger partial charge on any atom is 0.250 e. The molecule has 1 aliphatic heterocycles. The van der Waals surface area contributed by atoms with E-state index in [9.17, 15) is 14.0 Å². The van der Waals surface area contributed by atoms with Gasteiger partial charge in [-0.2, -0.15) is 0 Å². The van der Waals surface area contributed by atoms with Gasteiger partial charge in [0.05, 0.1) is 6.67 Å². The number of hydrogen-bond acceptors (Lipinski definition) is 2. The maximum atomic E-state index is 12.7. The summed E-state index contributed by atoms with van der Waals surface area (Å²) in [5, 5.41) is 2.84. The van der Waals surface area contributed by atoms with E-state index in [-0.39, 0.29) is 24.2 Å². The lowest BCUT2D eigenvalue weighted by atomic mass is 9.98. The Bertz CT molecular complexity index is 530. The summed E-state index contributed by atoms with van der Waals surface area (Å²) < 4.78 is 12.5. The van der Waals surface area contributed by atoms with Crippen LogP contribution in [-0.4, -0.2) is 36.0 Å². The summed E-state index contributed by atoms with van der Waals surface area (Å²) in [4.78, 5) is 26.7. The molecule has 1 aliphatic carbocycles. The number of piperazine rings is 1. The molecule has 1 aromatic carbocycles. The van der Waals surface area contributed by atoms with Crippen LogP contribution >= 0.6 is 0 Å². The molecule has 21 heavy (non-hydrogen) atoms. The number of hydrogen-bond donors (Lipinski definition) is 1. The second-order valence-corrected chi connectivity index (χ2v) is 5.71. The van der Waals surface area contributed by atoms with Gasteiger partial charge >= 0.3 is 0 Å². The van der Waals surface area contributed by atoms with Crippen LogP contribution in [0.1, 0.15) is 30.9 Å². The maximum absolute atomic E-state index is 12.7. The molecule has 0 bridgehead atoms. The van der Waals surface area contributed by atoms with Crippen molar-refractivity contribution in [1.29, 1.82) is 0 Å². The molecule has 0 spiro atoms. The van der Waals surface area contributed by atoms with E-state index >= 15 is 0 Å². The van der Waals surface area contributed by atoms with Crippen molar-refractivity contribution in [1.82, 2.24) is 10.2 Å². The Morgan fingerprint density at radius 1 is 1.19 bits per heavy atom. The lowest BCUT2D eigenvalue weighted by molar-refractivity contribution is -0.150. The van der Waals surface area contributed by atoms with Crippen molar-refractivity contribution >= 4 is 11.8 Å². The van der Waals surface area contributed by atoms with Crippen molar-refractivity contribution in [3.63, 3.8) is 0 Å². The zero-order chi connectivity index (χ0) is 14.8. The smallest absolute Gasteiger partial charge is 0.250 e. The van der Waals surface area contributed by atoms with Gasteiger partial charge in [-0.25, -0.2) is 0 Å². The van der Waals surface area contributed by atoms with Gasteiger partial charge in [0.25, 0.3) is 0 Å². The third-order valence-electron chi connectivity index (χ3n) is 4.16. The summed E-state index contributed by atoms with van der Waals surface area (Å²) in [6, 6.07) is 8.15. The predicted octanol–water partition coefficient (Wildman–Crippen LogP) is 1.82. The summed E-state index contributed by atoms with van der Waals surface area (Å²) in [5.41, 5.74) is 0.773. The highest BCUT2D eigenvalue weighted by atomic mass is 19.1. The number of nitrogens with zero attached hydrogens (tertiary/aromatic N) is 1. The summed E-state index contributed by atoms with van der Waals surface area (Å²) >= 11 is 0. The van der Waals surface area contributed by atoms with E-state index in [0.29, 0.717) is 6.54 Å². The van der Waals surface area contributed by atoms with Crippen LogP contribution in [0.3, 0.4) is 0 Å². The average molecular weight is 290 g/mol. The Balaban J connectivity index is 1.85. The number of carbonyl (C=O) groups excluding carboxylic acids is 2. The molecular formula is C16H19FN2O2. The highest BCUT2D eigenvalue weighted by molar-refractivity contribution is 5.97. The highest BCUT2D eigenvalue weighted by Crippen LogP contribution is 2.38. The molecule has 1 N–H and O–H groups in total. The van der Waals surface area contributed by atoms with Gasteiger partial charge in [0.15, 0.2) is 0 Å². The standard InChI is InChI=1S/C16H19FN2O2/c17-9-4-10-19-14(12-7-8-12)15(20)18-13(16(19)21)11-5-2-1-3-6-11/h1-3,5-6,12-14H,4,7-10H2,(H,18,20). The lowest BCUT2D eigenvalue weighted by Crippen LogP contribution is -2.60. The van der Waals surface area contributed by atoms with Gasteiger partial charge < -0.3 is 10.2 Å². The van der Waals surface area contributed by atoms with Gasteiger partial charge in [0, 0.05) is 6.54 Å². The van der Waals surface area contributed by atoms with Crippen molar-refractivity contribution in [3.8, 4) is 0 Å². The van der Waals surface area contributed by atoms with Crippen LogP contribution in [0.5, 0.6) is 0 Å². The molecule has 1 saturated heterocycles. The fourth-order valence-electron chi connectivity index (χ4n) is 2.97. The molecule has 5 heteroatoms. The fourth-order valence-corrected chi connectivity index (χ4v) is 2.97. The second-order valence-electron chi connectivity index (χ2n) is 5.71. The van der Waals surface area contributed by atoms with E-state index in [4.69, 9.17) is 0 Å². The van der Waals surface area contributed by atoms with Crippen LogP contribution in [0, 0.1) is 5.92 Å². The Labute approximate surface area is 123 Å². The van der Waals surface area contributed by atoms with Crippen molar-refractivity contribution in [3.05, 3.63) is 35.9 Å². The molecule has 112 valence electrons. The van der Waals surface area contributed by atoms with E-state index in [2.05, 4.69) is 5.32 Å². The van der Waals surface area contributed by atoms with E-state index in [1.807, 2.05) is 30.3 Å². The average Bonchev–Trinajstić information content (AvgIpc) is 3.33. The van der Waals surface area contributed by atoms with Crippen molar-refractivity contribution < 1.29 is 14.0 Å². The van der Waals surface area contributed by atoms with E-state index in [1.165, 1.54) is 0 Å². The zero-order valence-corrected chi connectivity index (χ0v) is 11.8. The van der Waals surface area contributed by atoms with Gasteiger partial charge in [-0.05, 0) is 30.7 Å². The van der Waals surface area contributed by atoms with Crippen molar-refractivity contribution in [2.75, 3.05) is 13.2 Å². The molecular weight excluding hydrogens is 271 g/mol. The number of carbonyl (C=O) groups is 2. The molecule has 2 amide bonds. The zero-order valence-electron chi connectivity index (χ0n) is 11.8. The van der Waals surface area contributed by atoms with Crippen LogP contribution in [-0.2, 0) is 9.59 Å². The molecule has 2 atom stereocenters. The summed E-state index contributed by atoms with van der Waals surface area (Å²) in [7, 11) is 0. The normalized spacial score (nSPS) is 25.9. The van der Waals surface area contributed by atoms with Crippen LogP contribution in [0.25, 0.3) is 0 Å². The minimum absolute atomic E-state index is 0.107. The second kappa shape index (κ2) is 5.84. The van der Waals surface area contributed by atoms with Gasteiger partial charge in [-0.1, -0.05) is 30.3 Å². The largest absolute Gasteiger partial charge is 0.339 e. The van der Waals surface area contributed by atoms with Crippen LogP contribution < -0.4 is 5.32 Å². The van der Waals surface area contributed by atoms with Gasteiger partial charge in [-0.15, -0.1) is 0 Å². The quantitative estimate of drug-likeness (QED) is 0.899. The number of nitrogens with one attached hydrogen (secondary N) is 1. The molecule has 3 rings (SSSR count). The number of benzene rings is 1. The summed E-state index contributed by atoms with van der Waals surface area (Å²) in [6.07, 6.45) is 2.21. The number of alkyl halides is 1. The summed E-state index contributed by atoms with van der Waals surface area (Å²) in [6.45, 7) is -0.161. The van der Waals surface area contributed by atoms with Crippen LogP contribution in [0.15, 0.2) is 30.3 Å². The Kier molecular flexibility index (Phi) is 3.90. The number of halogens is 1. The molecule has 4 nitrogen and oxygen atoms in total. The fraction of sp³-hybridized carbons (Fsp3) is 0.500. The van der Waals surface area contributed by atoms with E-state index < -0.39 is 18.8 Å². The molecule has 1 saturated carbocycles. The first-order valence-corrected chi connectivity index (χ1v) is 7.44. The third kappa shape index (κ3) is 2.77. The van der Waals surface area contributed by atoms with Crippen LogP contribution in [0.2, 0.25) is 0 Å². The summed E-state index contributed by atoms with van der Waals surface area (Å²) in [5.74, 6) is 0.0150. The van der Waals surface area contributed by atoms with Crippen molar-refractivity contribution in [2.45, 2.75) is 31.3 Å². The predicted molar refractivity (Wildman–Crippen MR) is 76.1 cm³/mol. The van der Waals surface area contributed by atoms with Crippen molar-refractivity contribution in [2.24, 2.45) is 5.92 Å². The Morgan fingerprint density at radius 2 is 1.90 bits per heavy atom. The molecule has 2 unspecified atom stereocenters. The topological polar surface area (TPSA) is 49.4 Å². The lowest BCUT2D eigenvalue weighted by Gasteiger charge is -2.39. The first-order chi connectivity index (χ1) is 10.2. The molecule has 1 aromatic rings. The third-order valence-corrected chi connectivity index (χ3v) is 4.16. The van der Waals surface area contributed by atoms with Gasteiger partial charge in [-0.3, -0.25) is 14.0 Å². The van der Waals surface area contributed by atoms with Crippen LogP contribution in [0.4, 0.5) is 4.39 Å². The number of amides is 2. The molecule has 2 fully saturated rings. The first-order valence-electron chi connectivity index (χ1n) is 7.44. The van der Waals surface area contributed by atoms with E-state index in [1.54, 1.807) is 4.90 Å².